The van der Waals surface area contributed by atoms with Gasteiger partial charge in [0.2, 0.25) is 0 Å². The Kier molecular flexibility index (Phi) is 10.4. The summed E-state index contributed by atoms with van der Waals surface area (Å²) >= 11 is 3.37. The number of urea groups is 1. The lowest BCUT2D eigenvalue weighted by Crippen LogP contribution is -2.52. The second-order valence-corrected chi connectivity index (χ2v) is 13.5. The highest BCUT2D eigenvalue weighted by molar-refractivity contribution is 9.10. The van der Waals surface area contributed by atoms with Gasteiger partial charge in [0.1, 0.15) is 0 Å². The number of nitrogens with two attached hydrogens (primary N) is 1. The van der Waals surface area contributed by atoms with Gasteiger partial charge in [-0.3, -0.25) is 19.4 Å². The molecular weight excluding hydrogens is 678 g/mol. The summed E-state index contributed by atoms with van der Waals surface area (Å²) in [5, 5.41) is 25.9. The third-order valence-corrected chi connectivity index (χ3v) is 10.4. The number of phenolic OH excluding ortho intramolecular Hbond substituents is 2. The number of nitrogens with one attached hydrogen (secondary N) is 2. The number of nitrogen functional groups attached to an aromatic ring is 1. The highest BCUT2D eigenvalue weighted by atomic mass is 79.9. The fraction of sp³-hybridized carbons (Fsp3) is 0.400. The molecule has 48 heavy (non-hydrogen) atoms. The van der Waals surface area contributed by atoms with Crippen molar-refractivity contribution < 1.29 is 24.6 Å². The summed E-state index contributed by atoms with van der Waals surface area (Å²) < 4.78 is 0.745. The number of carbonyl (C=O) groups excluding carboxylic acids is 3. The van der Waals surface area contributed by atoms with Gasteiger partial charge in [-0.2, -0.15) is 0 Å². The van der Waals surface area contributed by atoms with Gasteiger partial charge in [-0.05, 0) is 91.1 Å². The number of amides is 4. The molecule has 0 saturated carbocycles. The summed E-state index contributed by atoms with van der Waals surface area (Å²) in [6.45, 7) is 6.85. The minimum Gasteiger partial charge on any atom is -0.505 e. The SMILES string of the molecule is Nc1cccc(C(=O)N2CCN3CCC[C@@H]3C2)c1O.O=C(Nc1ccccc1Br)Nc1cccc(C(=O)N2CCN3CCC[C@@H]3C2)c1O. The molecule has 3 aromatic rings. The number of fused-ring (bicyclic) bond motifs is 2. The van der Waals surface area contributed by atoms with Crippen molar-refractivity contribution in [2.45, 2.75) is 37.8 Å². The molecule has 4 saturated heterocycles. The van der Waals surface area contributed by atoms with Crippen LogP contribution in [0, 0.1) is 0 Å². The lowest BCUT2D eigenvalue weighted by Gasteiger charge is -2.37. The predicted octanol–water partition coefficient (Wildman–Crippen LogP) is 4.61. The lowest BCUT2D eigenvalue weighted by atomic mass is 10.1. The first-order valence-corrected chi connectivity index (χ1v) is 17.3. The van der Waals surface area contributed by atoms with E-state index in [9.17, 15) is 24.6 Å². The van der Waals surface area contributed by atoms with E-state index in [4.69, 9.17) is 5.73 Å². The molecule has 4 fully saturated rings. The third-order valence-electron chi connectivity index (χ3n) is 9.68. The van der Waals surface area contributed by atoms with Crippen LogP contribution in [0.4, 0.5) is 21.9 Å². The molecule has 254 valence electrons. The highest BCUT2D eigenvalue weighted by Crippen LogP contribution is 2.31. The molecule has 4 aliphatic rings. The molecule has 0 aliphatic carbocycles. The monoisotopic (exact) mass is 719 g/mol. The maximum absolute atomic E-state index is 13.0. The van der Waals surface area contributed by atoms with E-state index in [2.05, 4.69) is 36.4 Å². The van der Waals surface area contributed by atoms with Crippen LogP contribution < -0.4 is 16.4 Å². The Hall–Kier alpha value is -4.33. The number of carbonyl (C=O) groups is 3. The molecule has 0 aromatic heterocycles. The number of phenols is 2. The van der Waals surface area contributed by atoms with E-state index in [-0.39, 0.29) is 40.3 Å². The second kappa shape index (κ2) is 14.8. The van der Waals surface area contributed by atoms with Gasteiger partial charge >= 0.3 is 6.03 Å². The van der Waals surface area contributed by atoms with Crippen LogP contribution in [0.1, 0.15) is 46.4 Å². The van der Waals surface area contributed by atoms with Gasteiger partial charge < -0.3 is 36.4 Å². The Morgan fingerprint density at radius 2 is 1.19 bits per heavy atom. The molecule has 4 amide bonds. The van der Waals surface area contributed by atoms with Crippen LogP contribution in [-0.4, -0.2) is 112 Å². The first-order chi connectivity index (χ1) is 23.2. The van der Waals surface area contributed by atoms with E-state index in [0.29, 0.717) is 36.4 Å². The summed E-state index contributed by atoms with van der Waals surface area (Å²) in [7, 11) is 0. The van der Waals surface area contributed by atoms with Gasteiger partial charge in [0.25, 0.3) is 11.8 Å². The maximum atomic E-state index is 13.0. The van der Waals surface area contributed by atoms with Crippen LogP contribution in [-0.2, 0) is 0 Å². The van der Waals surface area contributed by atoms with Gasteiger partial charge in [0.15, 0.2) is 11.5 Å². The van der Waals surface area contributed by atoms with Gasteiger partial charge in [-0.15, -0.1) is 0 Å². The highest BCUT2D eigenvalue weighted by Gasteiger charge is 2.35. The number of anilines is 3. The van der Waals surface area contributed by atoms with Gasteiger partial charge in [-0.25, -0.2) is 4.79 Å². The van der Waals surface area contributed by atoms with Crippen molar-refractivity contribution in [1.29, 1.82) is 0 Å². The minimum absolute atomic E-state index is 0.0960. The number of para-hydroxylation sites is 3. The van der Waals surface area contributed by atoms with Crippen molar-refractivity contribution in [3.63, 3.8) is 0 Å². The Morgan fingerprint density at radius 3 is 1.79 bits per heavy atom. The fourth-order valence-electron chi connectivity index (χ4n) is 7.08. The van der Waals surface area contributed by atoms with Crippen molar-refractivity contribution in [2.24, 2.45) is 0 Å². The molecule has 7 rings (SSSR count). The van der Waals surface area contributed by atoms with Crippen molar-refractivity contribution in [2.75, 3.05) is 68.7 Å². The molecule has 0 unspecified atom stereocenters. The Labute approximate surface area is 288 Å². The molecule has 2 atom stereocenters. The molecule has 6 N–H and O–H groups in total. The largest absolute Gasteiger partial charge is 0.505 e. The first-order valence-electron chi connectivity index (χ1n) is 16.5. The zero-order valence-corrected chi connectivity index (χ0v) is 28.4. The van der Waals surface area contributed by atoms with Crippen LogP contribution in [0.25, 0.3) is 0 Å². The summed E-state index contributed by atoms with van der Waals surface area (Å²) in [5.74, 6) is -0.629. The normalized spacial score (nSPS) is 20.7. The van der Waals surface area contributed by atoms with Crippen LogP contribution in [0.2, 0.25) is 0 Å². The lowest BCUT2D eigenvalue weighted by molar-refractivity contribution is 0.0563. The summed E-state index contributed by atoms with van der Waals surface area (Å²) in [6.07, 6.45) is 4.65. The van der Waals surface area contributed by atoms with Crippen LogP contribution in [0.3, 0.4) is 0 Å². The van der Waals surface area contributed by atoms with E-state index in [0.717, 1.165) is 56.6 Å². The molecule has 0 bridgehead atoms. The Morgan fingerprint density at radius 1 is 0.667 bits per heavy atom. The van der Waals surface area contributed by atoms with Crippen molar-refractivity contribution >= 4 is 50.8 Å². The maximum Gasteiger partial charge on any atom is 0.323 e. The van der Waals surface area contributed by atoms with E-state index in [1.54, 1.807) is 53.4 Å². The molecule has 4 aliphatic heterocycles. The number of halogens is 1. The minimum atomic E-state index is -0.503. The third kappa shape index (κ3) is 7.38. The van der Waals surface area contributed by atoms with E-state index < -0.39 is 6.03 Å². The zero-order valence-electron chi connectivity index (χ0n) is 26.8. The first kappa shape index (κ1) is 33.6. The predicted molar refractivity (Wildman–Crippen MR) is 188 cm³/mol. The summed E-state index contributed by atoms with van der Waals surface area (Å²) in [4.78, 5) is 46.3. The standard InChI is InChI=1S/C21H23BrN4O3.C14H19N3O2/c22-16-7-1-2-8-17(16)23-21(29)24-18-9-3-6-15(19(18)27)20(28)26-12-11-25-10-4-5-14(25)13-26;15-12-5-1-4-11(13(12)18)14(19)17-8-7-16-6-2-3-10(16)9-17/h1-3,6-9,14,27H,4-5,10-13H2,(H2,23,24,29);1,4-5,10,18H,2-3,6-9,15H2/t14-;10-/m11/s1. The van der Waals surface area contributed by atoms with E-state index in [1.807, 2.05) is 17.0 Å². The quantitative estimate of drug-likeness (QED) is 0.194. The van der Waals surface area contributed by atoms with E-state index >= 15 is 0 Å². The second-order valence-electron chi connectivity index (χ2n) is 12.7. The fourth-order valence-corrected chi connectivity index (χ4v) is 7.47. The Bertz CT molecular complexity index is 1670. The van der Waals surface area contributed by atoms with Crippen LogP contribution in [0.5, 0.6) is 11.5 Å². The zero-order chi connectivity index (χ0) is 33.8. The summed E-state index contributed by atoms with van der Waals surface area (Å²) in [6, 6.07) is 17.4. The van der Waals surface area contributed by atoms with E-state index in [1.165, 1.54) is 12.8 Å². The number of hydrogen-bond acceptors (Lipinski definition) is 8. The summed E-state index contributed by atoms with van der Waals surface area (Å²) in [5.41, 5.74) is 7.21. The average molecular weight is 721 g/mol. The molecule has 3 aromatic carbocycles. The van der Waals surface area contributed by atoms with Gasteiger partial charge in [0.05, 0.1) is 28.2 Å². The van der Waals surface area contributed by atoms with Crippen LogP contribution in [0.15, 0.2) is 65.1 Å². The molecular formula is C35H42BrN7O5. The van der Waals surface area contributed by atoms with Crippen molar-refractivity contribution in [3.8, 4) is 11.5 Å². The number of aromatic hydroxyl groups is 2. The molecule has 12 nitrogen and oxygen atoms in total. The number of rotatable bonds is 4. The van der Waals surface area contributed by atoms with Gasteiger partial charge in [0, 0.05) is 55.8 Å². The Balaban J connectivity index is 0.000000182. The number of hydrogen-bond donors (Lipinski definition) is 5. The smallest absolute Gasteiger partial charge is 0.323 e. The van der Waals surface area contributed by atoms with Crippen molar-refractivity contribution in [1.82, 2.24) is 19.6 Å². The number of piperazine rings is 2. The van der Waals surface area contributed by atoms with Gasteiger partial charge in [-0.1, -0.05) is 24.3 Å². The number of benzene rings is 3. The molecule has 4 heterocycles. The molecule has 0 radical (unpaired) electrons. The molecule has 13 heteroatoms. The van der Waals surface area contributed by atoms with Crippen molar-refractivity contribution in [3.05, 3.63) is 76.3 Å². The average Bonchev–Trinajstić information content (AvgIpc) is 3.77. The molecule has 0 spiro atoms. The van der Waals surface area contributed by atoms with Crippen LogP contribution >= 0.6 is 15.9 Å². The topological polar surface area (TPSA) is 155 Å². The number of nitrogens with zero attached hydrogens (tertiary/aromatic N) is 4.